The minimum atomic E-state index is -4.34. The molecule has 0 radical (unpaired) electrons. The number of hydrogen-bond donors (Lipinski definition) is 2. The van der Waals surface area contributed by atoms with Gasteiger partial charge in [0.1, 0.15) is 29.8 Å². The molecule has 1 unspecified atom stereocenters. The number of hydrogen-bond acceptors (Lipinski definition) is 14. The van der Waals surface area contributed by atoms with Gasteiger partial charge in [0.25, 0.3) is 0 Å². The van der Waals surface area contributed by atoms with Crippen molar-refractivity contribution in [1.82, 2.24) is 10.1 Å². The van der Waals surface area contributed by atoms with E-state index in [-0.39, 0.29) is 18.2 Å². The molecular formula is C31H44N5O10P. The number of aliphatic imine (C=N–C) groups is 1. The van der Waals surface area contributed by atoms with Crippen LogP contribution in [0.15, 0.2) is 52.2 Å². The lowest BCUT2D eigenvalue weighted by Gasteiger charge is -2.33. The molecule has 16 heteroatoms. The normalized spacial score (nSPS) is 27.0. The van der Waals surface area contributed by atoms with E-state index < -0.39 is 80.1 Å². The molecule has 47 heavy (non-hydrogen) atoms. The van der Waals surface area contributed by atoms with Gasteiger partial charge in [-0.15, -0.1) is 0 Å². The molecule has 3 N–H and O–H groups in total. The third kappa shape index (κ3) is 8.39. The van der Waals surface area contributed by atoms with Crippen LogP contribution in [0.1, 0.15) is 54.9 Å². The highest BCUT2D eigenvalue weighted by Crippen LogP contribution is 2.49. The summed E-state index contributed by atoms with van der Waals surface area (Å²) in [5.74, 6) is -2.39. The van der Waals surface area contributed by atoms with Gasteiger partial charge >= 0.3 is 25.7 Å². The van der Waals surface area contributed by atoms with Gasteiger partial charge in [-0.1, -0.05) is 52.0 Å². The molecule has 1 fully saturated rings. The van der Waals surface area contributed by atoms with E-state index in [0.29, 0.717) is 12.1 Å². The van der Waals surface area contributed by atoms with Crippen LogP contribution in [0.2, 0.25) is 0 Å². The Labute approximate surface area is 274 Å². The van der Waals surface area contributed by atoms with Gasteiger partial charge in [-0.2, -0.15) is 10.2 Å². The second kappa shape index (κ2) is 15.0. The first-order chi connectivity index (χ1) is 22.2. The van der Waals surface area contributed by atoms with E-state index >= 15 is 0 Å². The zero-order valence-corrected chi connectivity index (χ0v) is 28.5. The molecule has 0 aromatic heterocycles. The average molecular weight is 678 g/mol. The minimum Gasteiger partial charge on any atom is -0.465 e. The Bertz CT molecular complexity index is 1450. The number of carbonyl (C=O) groups is 3. The minimum absolute atomic E-state index is 0.110. The Hall–Kier alpha value is -3.78. The fourth-order valence-corrected chi connectivity index (χ4v) is 6.75. The van der Waals surface area contributed by atoms with Gasteiger partial charge in [0.05, 0.1) is 36.8 Å². The molecule has 15 nitrogen and oxygen atoms in total. The second-order valence-electron chi connectivity index (χ2n) is 12.2. The maximum Gasteiger partial charge on any atom is 0.459 e. The van der Waals surface area contributed by atoms with Crippen molar-refractivity contribution in [2.24, 2.45) is 27.7 Å². The van der Waals surface area contributed by atoms with E-state index in [0.717, 1.165) is 0 Å². The first-order valence-corrected chi connectivity index (χ1v) is 17.1. The largest absolute Gasteiger partial charge is 0.465 e. The van der Waals surface area contributed by atoms with Gasteiger partial charge in [0.15, 0.2) is 18.0 Å². The number of nitrogens with zero attached hydrogens (tertiary/aromatic N) is 3. The molecular weight excluding hydrogens is 633 g/mol. The average Bonchev–Trinajstić information content (AvgIpc) is 3.56. The summed E-state index contributed by atoms with van der Waals surface area (Å²) in [7, 11) is -4.34. The summed E-state index contributed by atoms with van der Waals surface area (Å²) >= 11 is 0. The van der Waals surface area contributed by atoms with Crippen molar-refractivity contribution in [3.63, 3.8) is 0 Å². The SMILES string of the molecule is CCOC(=O)[C@H](C)N[P@@](=O)(OC[C@@]1(C)O[C@@H](C2CC=C3C(N)=NC=NN32)[C@H](OC(=O)C(C)C)[C@@H]1OC(=O)C(C)C)Oc1ccccc1. The molecule has 1 aromatic rings. The Morgan fingerprint density at radius 3 is 2.38 bits per heavy atom. The summed E-state index contributed by atoms with van der Waals surface area (Å²) in [5.41, 5.74) is 5.11. The Morgan fingerprint density at radius 2 is 1.74 bits per heavy atom. The van der Waals surface area contributed by atoms with Crippen LogP contribution in [0, 0.1) is 11.8 Å². The molecule has 0 bridgehead atoms. The molecule has 1 aromatic carbocycles. The number of carbonyl (C=O) groups excluding carboxylic acids is 3. The molecule has 3 aliphatic rings. The fraction of sp³-hybridized carbons (Fsp3) is 0.581. The number of para-hydroxylation sites is 1. The number of rotatable bonds is 14. The highest BCUT2D eigenvalue weighted by Gasteiger charge is 2.61. The number of fused-ring (bicyclic) bond motifs is 1. The molecule has 4 rings (SSSR count). The van der Waals surface area contributed by atoms with Crippen LogP contribution >= 0.6 is 7.75 Å². The summed E-state index contributed by atoms with van der Waals surface area (Å²) in [6.45, 7) is 11.0. The summed E-state index contributed by atoms with van der Waals surface area (Å²) < 4.78 is 49.8. The Balaban J connectivity index is 1.70. The topological polar surface area (TPSA) is 190 Å². The van der Waals surface area contributed by atoms with E-state index in [1.807, 2.05) is 6.08 Å². The van der Waals surface area contributed by atoms with Crippen LogP contribution in [0.4, 0.5) is 0 Å². The number of hydrazone groups is 1. The van der Waals surface area contributed by atoms with Gasteiger partial charge in [0, 0.05) is 0 Å². The van der Waals surface area contributed by atoms with Gasteiger partial charge < -0.3 is 29.2 Å². The van der Waals surface area contributed by atoms with Gasteiger partial charge in [-0.25, -0.2) is 9.56 Å². The maximum absolute atomic E-state index is 14.3. The first-order valence-electron chi connectivity index (χ1n) is 15.6. The van der Waals surface area contributed by atoms with Crippen molar-refractivity contribution < 1.29 is 46.9 Å². The molecule has 7 atom stereocenters. The monoisotopic (exact) mass is 677 g/mol. The smallest absolute Gasteiger partial charge is 0.459 e. The van der Waals surface area contributed by atoms with Crippen molar-refractivity contribution >= 4 is 37.8 Å². The van der Waals surface area contributed by atoms with E-state index in [9.17, 15) is 18.9 Å². The van der Waals surface area contributed by atoms with Gasteiger partial charge in [0.2, 0.25) is 0 Å². The zero-order chi connectivity index (χ0) is 34.5. The predicted molar refractivity (Wildman–Crippen MR) is 171 cm³/mol. The van der Waals surface area contributed by atoms with E-state index in [2.05, 4.69) is 15.2 Å². The summed E-state index contributed by atoms with van der Waals surface area (Å²) in [6, 6.07) is 6.63. The number of esters is 3. The van der Waals surface area contributed by atoms with Gasteiger partial charge in [-0.3, -0.25) is 23.9 Å². The zero-order valence-electron chi connectivity index (χ0n) is 27.7. The number of benzene rings is 1. The highest BCUT2D eigenvalue weighted by atomic mass is 31.2. The third-order valence-electron chi connectivity index (χ3n) is 7.68. The van der Waals surface area contributed by atoms with E-state index in [1.165, 1.54) is 13.3 Å². The molecule has 3 heterocycles. The quantitative estimate of drug-likeness (QED) is 0.166. The van der Waals surface area contributed by atoms with Crippen LogP contribution < -0.4 is 15.3 Å². The fourth-order valence-electron chi connectivity index (χ4n) is 5.17. The lowest BCUT2D eigenvalue weighted by Crippen LogP contribution is -2.51. The Morgan fingerprint density at radius 1 is 1.09 bits per heavy atom. The standard InChI is InChI=1S/C31H44N5O10P/c1-8-41-30(39)20(6)35-47(40,46-21-12-10-9-11-13-21)42-16-31(7)26(44-29(38)19(4)5)25(43-28(37)18(2)3)24(45-31)22-14-15-23-27(32)33-17-34-36(22)23/h9-13,15,17-20,22,24-26H,8,14,16H2,1-7H3,(H,35,40)(H2,32,33,34)/t20-,22?,24-,25-,26-,31+,47+/m0/s1. The van der Waals surface area contributed by atoms with Crippen LogP contribution in [0.25, 0.3) is 0 Å². The molecule has 1 saturated heterocycles. The number of nitrogens with two attached hydrogens (primary N) is 1. The van der Waals surface area contributed by atoms with E-state index in [1.54, 1.807) is 76.9 Å². The number of ether oxygens (including phenoxy) is 4. The van der Waals surface area contributed by atoms with Crippen molar-refractivity contribution in [1.29, 1.82) is 0 Å². The predicted octanol–water partition coefficient (Wildman–Crippen LogP) is 3.30. The van der Waals surface area contributed by atoms with Crippen LogP contribution in [-0.2, 0) is 42.4 Å². The van der Waals surface area contributed by atoms with Crippen molar-refractivity contribution in [3.05, 3.63) is 42.1 Å². The third-order valence-corrected chi connectivity index (χ3v) is 9.30. The van der Waals surface area contributed by atoms with Crippen LogP contribution in [-0.4, -0.2) is 84.3 Å². The first kappa shape index (κ1) is 36.1. The molecule has 258 valence electrons. The number of amidine groups is 1. The van der Waals surface area contributed by atoms with Crippen molar-refractivity contribution in [3.8, 4) is 5.75 Å². The molecule has 0 amide bonds. The van der Waals surface area contributed by atoms with Crippen LogP contribution in [0.3, 0.4) is 0 Å². The molecule has 3 aliphatic heterocycles. The number of nitrogens with one attached hydrogen (secondary N) is 1. The summed E-state index contributed by atoms with van der Waals surface area (Å²) in [4.78, 5) is 42.7. The Kier molecular flexibility index (Phi) is 11.5. The molecule has 0 aliphatic carbocycles. The van der Waals surface area contributed by atoms with E-state index in [4.69, 9.17) is 33.7 Å². The summed E-state index contributed by atoms with van der Waals surface area (Å²) in [6.07, 6.45) is 0.264. The lowest BCUT2D eigenvalue weighted by atomic mass is 9.94. The summed E-state index contributed by atoms with van der Waals surface area (Å²) in [5, 5.41) is 8.63. The second-order valence-corrected chi connectivity index (χ2v) is 13.9. The lowest BCUT2D eigenvalue weighted by molar-refractivity contribution is -0.175. The van der Waals surface area contributed by atoms with Crippen molar-refractivity contribution in [2.45, 2.75) is 90.9 Å². The van der Waals surface area contributed by atoms with Crippen molar-refractivity contribution in [2.75, 3.05) is 13.2 Å². The highest BCUT2D eigenvalue weighted by molar-refractivity contribution is 7.52. The van der Waals surface area contributed by atoms with Gasteiger partial charge in [-0.05, 0) is 39.3 Å². The van der Waals surface area contributed by atoms with Crippen LogP contribution in [0.5, 0.6) is 5.75 Å². The maximum atomic E-state index is 14.3. The molecule has 0 spiro atoms. The molecule has 0 saturated carbocycles.